The second-order valence-corrected chi connectivity index (χ2v) is 10.5. The molecule has 0 saturated heterocycles. The van der Waals surface area contributed by atoms with Gasteiger partial charge in [0.25, 0.3) is 15.9 Å². The van der Waals surface area contributed by atoms with Crippen LogP contribution < -0.4 is 15.0 Å². The Balaban J connectivity index is 1.38. The summed E-state index contributed by atoms with van der Waals surface area (Å²) in [7, 11) is -3.95. The summed E-state index contributed by atoms with van der Waals surface area (Å²) in [6, 6.07) is 30.3. The number of para-hydroxylation sites is 1. The molecule has 0 fully saturated rings. The molecule has 0 heterocycles. The molecule has 194 valence electrons. The van der Waals surface area contributed by atoms with E-state index < -0.39 is 15.9 Å². The fraction of sp³-hybridized carbons (Fsp3) is 0.103. The predicted octanol–water partition coefficient (Wildman–Crippen LogP) is 5.93. The SMILES string of the molecule is CCN(Cc1ccccc1)c1ccc(/C=N\NC(=O)c2cccc(S(=O)(=O)Nc3ccccc3Cl)c2)cc1. The molecule has 38 heavy (non-hydrogen) atoms. The molecular formula is C29H27ClN4O3S. The minimum atomic E-state index is -3.95. The summed E-state index contributed by atoms with van der Waals surface area (Å²) >= 11 is 6.06. The maximum atomic E-state index is 12.8. The molecule has 0 aromatic heterocycles. The summed E-state index contributed by atoms with van der Waals surface area (Å²) in [5, 5.41) is 4.30. The molecule has 0 spiro atoms. The van der Waals surface area contributed by atoms with Gasteiger partial charge >= 0.3 is 0 Å². The van der Waals surface area contributed by atoms with Gasteiger partial charge in [-0.3, -0.25) is 9.52 Å². The third-order valence-electron chi connectivity index (χ3n) is 5.76. The van der Waals surface area contributed by atoms with Crippen molar-refractivity contribution in [3.8, 4) is 0 Å². The topological polar surface area (TPSA) is 90.9 Å². The van der Waals surface area contributed by atoms with E-state index in [4.69, 9.17) is 11.6 Å². The summed E-state index contributed by atoms with van der Waals surface area (Å²) in [5.41, 5.74) is 5.98. The van der Waals surface area contributed by atoms with Crippen molar-refractivity contribution in [3.05, 3.63) is 125 Å². The number of sulfonamides is 1. The van der Waals surface area contributed by atoms with Crippen LogP contribution >= 0.6 is 11.6 Å². The van der Waals surface area contributed by atoms with Crippen LogP contribution in [0, 0.1) is 0 Å². The van der Waals surface area contributed by atoms with E-state index in [0.29, 0.717) is 0 Å². The van der Waals surface area contributed by atoms with Crippen LogP contribution in [0.4, 0.5) is 11.4 Å². The van der Waals surface area contributed by atoms with Crippen LogP contribution in [0.15, 0.2) is 113 Å². The van der Waals surface area contributed by atoms with Gasteiger partial charge in [0.2, 0.25) is 0 Å². The van der Waals surface area contributed by atoms with Crippen LogP contribution in [0.25, 0.3) is 0 Å². The number of nitrogens with zero attached hydrogens (tertiary/aromatic N) is 2. The van der Waals surface area contributed by atoms with Crippen molar-refractivity contribution in [1.82, 2.24) is 5.43 Å². The Morgan fingerprint density at radius 3 is 2.34 bits per heavy atom. The zero-order valence-corrected chi connectivity index (χ0v) is 22.3. The Bertz CT molecular complexity index is 1530. The second-order valence-electron chi connectivity index (χ2n) is 8.40. The second kappa shape index (κ2) is 12.4. The first-order valence-electron chi connectivity index (χ1n) is 12.0. The van der Waals surface area contributed by atoms with Gasteiger partial charge in [-0.15, -0.1) is 0 Å². The smallest absolute Gasteiger partial charge is 0.271 e. The maximum Gasteiger partial charge on any atom is 0.271 e. The Labute approximate surface area is 227 Å². The van der Waals surface area contributed by atoms with Gasteiger partial charge in [-0.1, -0.05) is 72.3 Å². The van der Waals surface area contributed by atoms with Gasteiger partial charge in [0.05, 0.1) is 21.8 Å². The lowest BCUT2D eigenvalue weighted by atomic mass is 10.1. The number of benzene rings is 4. The lowest BCUT2D eigenvalue weighted by Crippen LogP contribution is -2.21. The van der Waals surface area contributed by atoms with Crippen LogP contribution in [-0.2, 0) is 16.6 Å². The first kappa shape index (κ1) is 26.9. The number of hydrogen-bond acceptors (Lipinski definition) is 5. The number of nitrogens with one attached hydrogen (secondary N) is 2. The zero-order valence-electron chi connectivity index (χ0n) is 20.7. The van der Waals surface area contributed by atoms with Crippen molar-refractivity contribution in [2.75, 3.05) is 16.2 Å². The van der Waals surface area contributed by atoms with Crippen molar-refractivity contribution in [1.29, 1.82) is 0 Å². The highest BCUT2D eigenvalue weighted by Crippen LogP contribution is 2.24. The maximum absolute atomic E-state index is 12.8. The monoisotopic (exact) mass is 546 g/mol. The number of halogens is 1. The molecule has 4 aromatic carbocycles. The van der Waals surface area contributed by atoms with Gasteiger partial charge in [-0.05, 0) is 60.5 Å². The molecular weight excluding hydrogens is 520 g/mol. The normalized spacial score (nSPS) is 11.3. The van der Waals surface area contributed by atoms with Crippen LogP contribution in [0.5, 0.6) is 0 Å². The molecule has 0 saturated carbocycles. The van der Waals surface area contributed by atoms with Crippen molar-refractivity contribution in [3.63, 3.8) is 0 Å². The summed E-state index contributed by atoms with van der Waals surface area (Å²) in [6.45, 7) is 3.78. The van der Waals surface area contributed by atoms with E-state index in [1.807, 2.05) is 42.5 Å². The van der Waals surface area contributed by atoms with Crippen LogP contribution in [-0.4, -0.2) is 27.1 Å². The van der Waals surface area contributed by atoms with Crippen molar-refractivity contribution < 1.29 is 13.2 Å². The molecule has 9 heteroatoms. The van der Waals surface area contributed by atoms with E-state index in [1.165, 1.54) is 36.0 Å². The lowest BCUT2D eigenvalue weighted by Gasteiger charge is -2.23. The molecule has 0 atom stereocenters. The first-order valence-corrected chi connectivity index (χ1v) is 13.8. The van der Waals surface area contributed by atoms with E-state index in [0.717, 1.165) is 24.3 Å². The average molecular weight is 547 g/mol. The molecule has 0 unspecified atom stereocenters. The molecule has 0 aliphatic rings. The van der Waals surface area contributed by atoms with E-state index >= 15 is 0 Å². The van der Waals surface area contributed by atoms with Gasteiger partial charge in [-0.25, -0.2) is 13.8 Å². The van der Waals surface area contributed by atoms with Gasteiger partial charge in [-0.2, -0.15) is 5.10 Å². The molecule has 2 N–H and O–H groups in total. The fourth-order valence-electron chi connectivity index (χ4n) is 3.74. The van der Waals surface area contributed by atoms with E-state index in [1.54, 1.807) is 24.3 Å². The third kappa shape index (κ3) is 7.00. The van der Waals surface area contributed by atoms with Crippen molar-refractivity contribution in [2.24, 2.45) is 5.10 Å². The summed E-state index contributed by atoms with van der Waals surface area (Å²) in [6.07, 6.45) is 1.54. The number of anilines is 2. The number of rotatable bonds is 10. The van der Waals surface area contributed by atoms with E-state index in [2.05, 4.69) is 39.2 Å². The Morgan fingerprint density at radius 1 is 0.921 bits per heavy atom. The van der Waals surface area contributed by atoms with Crippen molar-refractivity contribution in [2.45, 2.75) is 18.4 Å². The van der Waals surface area contributed by atoms with Crippen LogP contribution in [0.2, 0.25) is 5.02 Å². The van der Waals surface area contributed by atoms with Crippen LogP contribution in [0.1, 0.15) is 28.4 Å². The highest BCUT2D eigenvalue weighted by molar-refractivity contribution is 7.92. The molecule has 4 rings (SSSR count). The highest BCUT2D eigenvalue weighted by Gasteiger charge is 2.17. The molecule has 0 aliphatic heterocycles. The minimum absolute atomic E-state index is 0.0689. The quantitative estimate of drug-likeness (QED) is 0.190. The number of hydrazone groups is 1. The van der Waals surface area contributed by atoms with Crippen LogP contribution in [0.3, 0.4) is 0 Å². The largest absolute Gasteiger partial charge is 0.367 e. The molecule has 4 aromatic rings. The Hall–Kier alpha value is -4.14. The fourth-order valence-corrected chi connectivity index (χ4v) is 5.11. The lowest BCUT2D eigenvalue weighted by molar-refractivity contribution is 0.0955. The Morgan fingerprint density at radius 2 is 1.63 bits per heavy atom. The predicted molar refractivity (Wildman–Crippen MR) is 153 cm³/mol. The van der Waals surface area contributed by atoms with E-state index in [-0.39, 0.29) is 21.2 Å². The Kier molecular flexibility index (Phi) is 8.78. The van der Waals surface area contributed by atoms with Crippen molar-refractivity contribution >= 4 is 45.1 Å². The number of carbonyl (C=O) groups excluding carboxylic acids is 1. The van der Waals surface area contributed by atoms with Gasteiger partial charge in [0, 0.05) is 24.3 Å². The number of amides is 1. The summed E-state index contributed by atoms with van der Waals surface area (Å²) in [4.78, 5) is 14.8. The standard InChI is InChI=1S/C29H27ClN4O3S/c1-2-34(21-23-9-4-3-5-10-23)25-17-15-22(16-18-25)20-31-32-29(35)24-11-8-12-26(19-24)38(36,37)33-28-14-7-6-13-27(28)30/h3-20,33H,2,21H2,1H3,(H,32,35)/b31-20-. The van der Waals surface area contributed by atoms with Gasteiger partial charge in [0.15, 0.2) is 0 Å². The van der Waals surface area contributed by atoms with Gasteiger partial charge in [0.1, 0.15) is 0 Å². The minimum Gasteiger partial charge on any atom is -0.367 e. The molecule has 7 nitrogen and oxygen atoms in total. The number of hydrogen-bond donors (Lipinski definition) is 2. The highest BCUT2D eigenvalue weighted by atomic mass is 35.5. The molecule has 0 radical (unpaired) electrons. The summed E-state index contributed by atoms with van der Waals surface area (Å²) < 4.78 is 28.0. The van der Waals surface area contributed by atoms with Gasteiger partial charge < -0.3 is 4.90 Å². The molecule has 0 bridgehead atoms. The number of carbonyl (C=O) groups is 1. The molecule has 0 aliphatic carbocycles. The summed E-state index contributed by atoms with van der Waals surface area (Å²) in [5.74, 6) is -0.535. The third-order valence-corrected chi connectivity index (χ3v) is 7.45. The molecule has 1 amide bonds. The zero-order chi connectivity index (χ0) is 27.0. The first-order chi connectivity index (χ1) is 18.4. The average Bonchev–Trinajstić information content (AvgIpc) is 2.94. The van der Waals surface area contributed by atoms with E-state index in [9.17, 15) is 13.2 Å².